The van der Waals surface area contributed by atoms with Crippen LogP contribution in [0.2, 0.25) is 0 Å². The van der Waals surface area contributed by atoms with Crippen molar-refractivity contribution in [1.29, 1.82) is 0 Å². The zero-order valence-corrected chi connectivity index (χ0v) is 22.1. The van der Waals surface area contributed by atoms with Crippen LogP contribution in [0.4, 0.5) is 0 Å². The zero-order chi connectivity index (χ0) is 24.4. The molecule has 3 fully saturated rings. The van der Waals surface area contributed by atoms with Crippen LogP contribution in [0, 0.1) is 45.3 Å². The van der Waals surface area contributed by atoms with Crippen molar-refractivity contribution in [3.05, 3.63) is 23.3 Å². The minimum Gasteiger partial charge on any atom is -0.478 e. The second-order valence-corrected chi connectivity index (χ2v) is 13.3. The van der Waals surface area contributed by atoms with Gasteiger partial charge in [-0.3, -0.25) is 4.79 Å². The van der Waals surface area contributed by atoms with Crippen molar-refractivity contribution in [1.82, 2.24) is 0 Å². The number of allylic oxidation sites excluding steroid dienone is 3. The lowest BCUT2D eigenvalue weighted by molar-refractivity contribution is -0.146. The first-order valence-electron chi connectivity index (χ1n) is 13.4. The van der Waals surface area contributed by atoms with Crippen molar-refractivity contribution >= 4 is 11.8 Å². The molecular formula is C30H46O3. The first-order chi connectivity index (χ1) is 15.3. The van der Waals surface area contributed by atoms with Gasteiger partial charge in [0.15, 0.2) is 0 Å². The molecule has 4 aliphatic rings. The van der Waals surface area contributed by atoms with Crippen LogP contribution in [0.5, 0.6) is 0 Å². The molecule has 0 amide bonds. The van der Waals surface area contributed by atoms with Gasteiger partial charge in [0, 0.05) is 17.4 Å². The molecule has 3 nitrogen and oxygen atoms in total. The van der Waals surface area contributed by atoms with E-state index in [1.807, 2.05) is 6.08 Å². The lowest BCUT2D eigenvalue weighted by atomic mass is 9.41. The summed E-state index contributed by atoms with van der Waals surface area (Å²) in [6, 6.07) is 0. The highest BCUT2D eigenvalue weighted by Crippen LogP contribution is 2.73. The molecule has 3 heteroatoms. The molecule has 0 aliphatic heterocycles. The van der Waals surface area contributed by atoms with Gasteiger partial charge >= 0.3 is 5.97 Å². The number of carbonyl (C=O) groups excluding carboxylic acids is 1. The lowest BCUT2D eigenvalue weighted by Crippen LogP contribution is -2.57. The Hall–Kier alpha value is -1.38. The number of carbonyl (C=O) groups is 2. The second-order valence-electron chi connectivity index (χ2n) is 13.3. The Morgan fingerprint density at radius 2 is 1.85 bits per heavy atom. The molecule has 0 heterocycles. The molecule has 33 heavy (non-hydrogen) atoms. The van der Waals surface area contributed by atoms with Gasteiger partial charge in [0.05, 0.1) is 0 Å². The normalized spacial score (nSPS) is 43.2. The Labute approximate surface area is 201 Å². The number of rotatable bonds is 5. The third kappa shape index (κ3) is 3.50. The van der Waals surface area contributed by atoms with Gasteiger partial charge in [-0.25, -0.2) is 4.79 Å². The van der Waals surface area contributed by atoms with Crippen molar-refractivity contribution in [2.24, 2.45) is 45.3 Å². The number of carboxylic acid groups (broad SMARTS) is 1. The molecule has 0 bridgehead atoms. The van der Waals surface area contributed by atoms with E-state index < -0.39 is 5.97 Å². The highest BCUT2D eigenvalue weighted by atomic mass is 16.4. The smallest absolute Gasteiger partial charge is 0.330 e. The fourth-order valence-corrected chi connectivity index (χ4v) is 9.32. The fraction of sp³-hybridized carbons (Fsp3) is 0.800. The van der Waals surface area contributed by atoms with E-state index in [0.29, 0.717) is 40.4 Å². The van der Waals surface area contributed by atoms with Crippen molar-refractivity contribution in [3.63, 3.8) is 0 Å². The molecule has 0 aromatic carbocycles. The summed E-state index contributed by atoms with van der Waals surface area (Å²) in [4.78, 5) is 23.9. The fourth-order valence-electron chi connectivity index (χ4n) is 9.32. The van der Waals surface area contributed by atoms with Crippen molar-refractivity contribution in [3.8, 4) is 0 Å². The standard InChI is InChI=1S/C30H46O3/c1-19(9-8-10-20(2)26(32)33)21-13-17-30(7)23-11-12-24-27(3,4)25(31)15-16-28(24,5)22(23)14-18-29(21,30)6/h10-11,19,21-22,24H,8-9,12-18H2,1-7H3,(H,32,33)/b20-10+/t19-,21-,22?,24?,28+,29-,30+/m0/s1. The van der Waals surface area contributed by atoms with Crippen LogP contribution in [0.1, 0.15) is 106 Å². The summed E-state index contributed by atoms with van der Waals surface area (Å²) in [6.07, 6.45) is 14.4. The molecule has 1 N–H and O–H groups in total. The van der Waals surface area contributed by atoms with Crippen LogP contribution >= 0.6 is 0 Å². The van der Waals surface area contributed by atoms with E-state index in [9.17, 15) is 9.59 Å². The molecule has 4 rings (SSSR count). The molecule has 0 radical (unpaired) electrons. The summed E-state index contributed by atoms with van der Waals surface area (Å²) in [5.74, 6) is 2.05. The Balaban J connectivity index is 1.59. The van der Waals surface area contributed by atoms with Crippen LogP contribution in [-0.4, -0.2) is 16.9 Å². The summed E-state index contributed by atoms with van der Waals surface area (Å²) >= 11 is 0. The van der Waals surface area contributed by atoms with E-state index in [-0.39, 0.29) is 16.2 Å². The van der Waals surface area contributed by atoms with E-state index in [2.05, 4.69) is 47.6 Å². The van der Waals surface area contributed by atoms with Crippen molar-refractivity contribution < 1.29 is 14.7 Å². The topological polar surface area (TPSA) is 54.4 Å². The van der Waals surface area contributed by atoms with Crippen molar-refractivity contribution in [2.75, 3.05) is 0 Å². The zero-order valence-electron chi connectivity index (χ0n) is 22.1. The summed E-state index contributed by atoms with van der Waals surface area (Å²) in [5.41, 5.74) is 2.80. The summed E-state index contributed by atoms with van der Waals surface area (Å²) < 4.78 is 0. The predicted molar refractivity (Wildman–Crippen MR) is 134 cm³/mol. The van der Waals surface area contributed by atoms with Gasteiger partial charge in [-0.05, 0) is 98.2 Å². The maximum Gasteiger partial charge on any atom is 0.330 e. The number of hydrogen-bond donors (Lipinski definition) is 1. The lowest BCUT2D eigenvalue weighted by Gasteiger charge is -2.63. The van der Waals surface area contributed by atoms with Gasteiger partial charge in [0.2, 0.25) is 0 Å². The SMILES string of the molecule is C/C(=C\CC[C@H](C)[C@@H]1CC[C@]2(C)C3=CCC4C(C)(C)C(=O)CC[C@]4(C)C3CC[C@@]12C)C(=O)O. The molecule has 3 saturated carbocycles. The number of carboxylic acids is 1. The molecule has 0 spiro atoms. The Morgan fingerprint density at radius 1 is 1.15 bits per heavy atom. The second kappa shape index (κ2) is 8.09. The monoisotopic (exact) mass is 454 g/mol. The molecular weight excluding hydrogens is 408 g/mol. The van der Waals surface area contributed by atoms with E-state index in [0.717, 1.165) is 32.1 Å². The highest BCUT2D eigenvalue weighted by molar-refractivity contribution is 5.86. The molecule has 2 unspecified atom stereocenters. The summed E-state index contributed by atoms with van der Waals surface area (Å²) in [6.45, 7) is 16.2. The van der Waals surface area contributed by atoms with Gasteiger partial charge < -0.3 is 5.11 Å². The number of fused-ring (bicyclic) bond motifs is 5. The van der Waals surface area contributed by atoms with Gasteiger partial charge in [-0.2, -0.15) is 0 Å². The van der Waals surface area contributed by atoms with Crippen LogP contribution in [0.25, 0.3) is 0 Å². The van der Waals surface area contributed by atoms with E-state index in [1.54, 1.807) is 12.5 Å². The minimum atomic E-state index is -0.801. The van der Waals surface area contributed by atoms with Crippen LogP contribution in [-0.2, 0) is 9.59 Å². The number of ketones is 1. The van der Waals surface area contributed by atoms with Gasteiger partial charge in [-0.15, -0.1) is 0 Å². The van der Waals surface area contributed by atoms with E-state index in [4.69, 9.17) is 5.11 Å². The van der Waals surface area contributed by atoms with Crippen LogP contribution in [0.3, 0.4) is 0 Å². The maximum absolute atomic E-state index is 12.8. The first kappa shape index (κ1) is 24.7. The predicted octanol–water partition coefficient (Wildman–Crippen LogP) is 7.61. The number of aliphatic carboxylic acids is 1. The number of hydrogen-bond acceptors (Lipinski definition) is 2. The maximum atomic E-state index is 12.8. The molecule has 0 saturated heterocycles. The molecule has 4 aliphatic carbocycles. The summed E-state index contributed by atoms with van der Waals surface area (Å²) in [5, 5.41) is 9.16. The Kier molecular flexibility index (Phi) is 6.07. The third-order valence-corrected chi connectivity index (χ3v) is 11.7. The molecule has 0 aromatic heterocycles. The number of Topliss-reactive ketones (excluding diaryl/α,β-unsaturated/α-hetero) is 1. The molecule has 7 atom stereocenters. The van der Waals surface area contributed by atoms with Gasteiger partial charge in [0.25, 0.3) is 0 Å². The van der Waals surface area contributed by atoms with Crippen molar-refractivity contribution in [2.45, 2.75) is 106 Å². The highest BCUT2D eigenvalue weighted by Gasteiger charge is 2.65. The third-order valence-electron chi connectivity index (χ3n) is 11.7. The van der Waals surface area contributed by atoms with Gasteiger partial charge in [0.1, 0.15) is 5.78 Å². The molecule has 0 aromatic rings. The largest absolute Gasteiger partial charge is 0.478 e. The van der Waals surface area contributed by atoms with Crippen LogP contribution < -0.4 is 0 Å². The quantitative estimate of drug-likeness (QED) is 0.343. The minimum absolute atomic E-state index is 0.203. The Bertz CT molecular complexity index is 894. The summed E-state index contributed by atoms with van der Waals surface area (Å²) in [7, 11) is 0. The van der Waals surface area contributed by atoms with E-state index in [1.165, 1.54) is 25.7 Å². The average Bonchev–Trinajstić information content (AvgIpc) is 3.02. The molecule has 184 valence electrons. The Morgan fingerprint density at radius 3 is 2.52 bits per heavy atom. The van der Waals surface area contributed by atoms with Crippen LogP contribution in [0.15, 0.2) is 23.3 Å². The first-order valence-corrected chi connectivity index (χ1v) is 13.4. The average molecular weight is 455 g/mol. The van der Waals surface area contributed by atoms with Gasteiger partial charge in [-0.1, -0.05) is 59.3 Å². The van der Waals surface area contributed by atoms with E-state index >= 15 is 0 Å².